The van der Waals surface area contributed by atoms with Crippen molar-refractivity contribution in [2.45, 2.75) is 33.1 Å². The Hall–Kier alpha value is -4.70. The Morgan fingerprint density at radius 2 is 1.26 bits per heavy atom. The van der Waals surface area contributed by atoms with E-state index in [-0.39, 0.29) is 17.2 Å². The summed E-state index contributed by atoms with van der Waals surface area (Å²) in [7, 11) is 0. The standard InChI is InChI=1S/C35H32N2O2/c1-23(38)36-29-9-7-8-26(22-29)24-14-18-28(19-15-24)37-34(39)33-21-20-30(31-10-5-6-11-32(31)33)25-12-16-27(17-13-25)35(2,3)4/h5-22H,1-4H3,(H,36,38)(H,37,39). The first-order chi connectivity index (χ1) is 18.7. The predicted octanol–water partition coefficient (Wildman–Crippen LogP) is 8.68. The van der Waals surface area contributed by atoms with Gasteiger partial charge in [0.1, 0.15) is 0 Å². The van der Waals surface area contributed by atoms with Crippen LogP contribution in [0.4, 0.5) is 11.4 Å². The second-order valence-corrected chi connectivity index (χ2v) is 10.8. The first kappa shape index (κ1) is 25.9. The van der Waals surface area contributed by atoms with Gasteiger partial charge in [0.25, 0.3) is 5.91 Å². The number of carbonyl (C=O) groups excluding carboxylic acids is 2. The van der Waals surface area contributed by atoms with Gasteiger partial charge in [0.15, 0.2) is 0 Å². The second-order valence-electron chi connectivity index (χ2n) is 10.8. The van der Waals surface area contributed by atoms with Crippen molar-refractivity contribution in [1.29, 1.82) is 0 Å². The van der Waals surface area contributed by atoms with Crippen LogP contribution in [-0.4, -0.2) is 11.8 Å². The number of rotatable bonds is 5. The highest BCUT2D eigenvalue weighted by Gasteiger charge is 2.16. The van der Waals surface area contributed by atoms with Crippen molar-refractivity contribution < 1.29 is 9.59 Å². The van der Waals surface area contributed by atoms with E-state index in [1.807, 2.05) is 78.9 Å². The van der Waals surface area contributed by atoms with Gasteiger partial charge < -0.3 is 10.6 Å². The van der Waals surface area contributed by atoms with Crippen LogP contribution in [-0.2, 0) is 10.2 Å². The number of benzene rings is 5. The van der Waals surface area contributed by atoms with E-state index in [1.54, 1.807) is 0 Å². The Bertz CT molecular complexity index is 1660. The predicted molar refractivity (Wildman–Crippen MR) is 162 cm³/mol. The molecule has 2 amide bonds. The summed E-state index contributed by atoms with van der Waals surface area (Å²) in [6.07, 6.45) is 0. The van der Waals surface area contributed by atoms with Crippen molar-refractivity contribution in [3.8, 4) is 22.3 Å². The Morgan fingerprint density at radius 3 is 1.92 bits per heavy atom. The van der Waals surface area contributed by atoms with Crippen molar-refractivity contribution in [1.82, 2.24) is 0 Å². The number of anilines is 2. The summed E-state index contributed by atoms with van der Waals surface area (Å²) in [5, 5.41) is 7.83. The fourth-order valence-electron chi connectivity index (χ4n) is 4.82. The number of hydrogen-bond acceptors (Lipinski definition) is 2. The summed E-state index contributed by atoms with van der Waals surface area (Å²) >= 11 is 0. The van der Waals surface area contributed by atoms with E-state index < -0.39 is 0 Å². The zero-order chi connectivity index (χ0) is 27.6. The van der Waals surface area contributed by atoms with Crippen molar-refractivity contribution in [2.75, 3.05) is 10.6 Å². The van der Waals surface area contributed by atoms with Gasteiger partial charge in [-0.2, -0.15) is 0 Å². The highest BCUT2D eigenvalue weighted by Crippen LogP contribution is 2.33. The van der Waals surface area contributed by atoms with Crippen molar-refractivity contribution in [3.05, 3.63) is 120 Å². The Balaban J connectivity index is 1.39. The summed E-state index contributed by atoms with van der Waals surface area (Å²) in [5.41, 5.74) is 7.69. The molecule has 0 saturated carbocycles. The third kappa shape index (κ3) is 5.75. The lowest BCUT2D eigenvalue weighted by Gasteiger charge is -2.19. The lowest BCUT2D eigenvalue weighted by Crippen LogP contribution is -2.12. The lowest BCUT2D eigenvalue weighted by atomic mass is 9.85. The minimum Gasteiger partial charge on any atom is -0.326 e. The molecule has 4 heteroatoms. The van der Waals surface area contributed by atoms with Crippen LogP contribution in [0.25, 0.3) is 33.0 Å². The summed E-state index contributed by atoms with van der Waals surface area (Å²) in [4.78, 5) is 24.8. The van der Waals surface area contributed by atoms with Crippen LogP contribution in [0.1, 0.15) is 43.6 Å². The maximum Gasteiger partial charge on any atom is 0.256 e. The average molecular weight is 513 g/mol. The Labute approximate surface area is 229 Å². The molecule has 0 saturated heterocycles. The summed E-state index contributed by atoms with van der Waals surface area (Å²) in [6.45, 7) is 8.13. The van der Waals surface area contributed by atoms with Crippen molar-refractivity contribution in [3.63, 3.8) is 0 Å². The maximum absolute atomic E-state index is 13.4. The van der Waals surface area contributed by atoms with Gasteiger partial charge in [-0.25, -0.2) is 0 Å². The van der Waals surface area contributed by atoms with Crippen LogP contribution in [0.15, 0.2) is 109 Å². The van der Waals surface area contributed by atoms with Crippen LogP contribution in [0.2, 0.25) is 0 Å². The summed E-state index contributed by atoms with van der Waals surface area (Å²) in [5.74, 6) is -0.259. The van der Waals surface area contributed by atoms with E-state index in [2.05, 4.69) is 61.7 Å². The number of nitrogens with one attached hydrogen (secondary N) is 2. The van der Waals surface area contributed by atoms with Crippen molar-refractivity contribution >= 4 is 34.0 Å². The number of fused-ring (bicyclic) bond motifs is 1. The summed E-state index contributed by atoms with van der Waals surface area (Å²) < 4.78 is 0. The molecular weight excluding hydrogens is 480 g/mol. The molecule has 0 aliphatic carbocycles. The van der Waals surface area contributed by atoms with E-state index in [0.29, 0.717) is 11.3 Å². The molecule has 5 aromatic rings. The SMILES string of the molecule is CC(=O)Nc1cccc(-c2ccc(NC(=O)c3ccc(-c4ccc(C(C)(C)C)cc4)c4ccccc34)cc2)c1. The minimum absolute atomic E-state index is 0.0947. The van der Waals surface area contributed by atoms with E-state index >= 15 is 0 Å². The van der Waals surface area contributed by atoms with E-state index in [4.69, 9.17) is 0 Å². The van der Waals surface area contributed by atoms with Gasteiger partial charge in [-0.15, -0.1) is 0 Å². The zero-order valence-corrected chi connectivity index (χ0v) is 22.7. The highest BCUT2D eigenvalue weighted by atomic mass is 16.2. The van der Waals surface area contributed by atoms with Crippen LogP contribution in [0.5, 0.6) is 0 Å². The maximum atomic E-state index is 13.4. The number of amides is 2. The van der Waals surface area contributed by atoms with Gasteiger partial charge in [-0.3, -0.25) is 9.59 Å². The molecule has 0 fully saturated rings. The fraction of sp³-hybridized carbons (Fsp3) is 0.143. The Kier molecular flexibility index (Phi) is 7.03. The molecule has 0 aliphatic heterocycles. The normalized spacial score (nSPS) is 11.3. The van der Waals surface area contributed by atoms with E-state index in [9.17, 15) is 9.59 Å². The molecular formula is C35H32N2O2. The molecule has 4 nitrogen and oxygen atoms in total. The minimum atomic E-state index is -0.152. The van der Waals surface area contributed by atoms with Gasteiger partial charge in [0.05, 0.1) is 0 Å². The largest absolute Gasteiger partial charge is 0.326 e. The first-order valence-electron chi connectivity index (χ1n) is 13.1. The molecule has 5 aromatic carbocycles. The van der Waals surface area contributed by atoms with Gasteiger partial charge in [-0.05, 0) is 74.3 Å². The molecule has 0 spiro atoms. The van der Waals surface area contributed by atoms with Crippen LogP contribution < -0.4 is 10.6 Å². The van der Waals surface area contributed by atoms with Crippen LogP contribution >= 0.6 is 0 Å². The van der Waals surface area contributed by atoms with E-state index in [1.165, 1.54) is 12.5 Å². The topological polar surface area (TPSA) is 58.2 Å². The quantitative estimate of drug-likeness (QED) is 0.247. The molecule has 39 heavy (non-hydrogen) atoms. The molecule has 5 rings (SSSR count). The molecule has 194 valence electrons. The number of carbonyl (C=O) groups is 2. The molecule has 0 radical (unpaired) electrons. The molecule has 0 aromatic heterocycles. The zero-order valence-electron chi connectivity index (χ0n) is 22.7. The van der Waals surface area contributed by atoms with Crippen molar-refractivity contribution in [2.24, 2.45) is 0 Å². The number of hydrogen-bond donors (Lipinski definition) is 2. The lowest BCUT2D eigenvalue weighted by molar-refractivity contribution is -0.114. The molecule has 0 heterocycles. The van der Waals surface area contributed by atoms with Gasteiger partial charge in [0, 0.05) is 23.9 Å². The van der Waals surface area contributed by atoms with Gasteiger partial charge in [-0.1, -0.05) is 99.6 Å². The molecule has 0 atom stereocenters. The monoisotopic (exact) mass is 512 g/mol. The third-order valence-electron chi connectivity index (χ3n) is 6.89. The smallest absolute Gasteiger partial charge is 0.256 e. The summed E-state index contributed by atoms with van der Waals surface area (Å²) in [6, 6.07) is 36.1. The van der Waals surface area contributed by atoms with Gasteiger partial charge >= 0.3 is 0 Å². The Morgan fingerprint density at radius 1 is 0.590 bits per heavy atom. The van der Waals surface area contributed by atoms with E-state index in [0.717, 1.165) is 38.7 Å². The molecule has 0 bridgehead atoms. The average Bonchev–Trinajstić information content (AvgIpc) is 2.92. The third-order valence-corrected chi connectivity index (χ3v) is 6.89. The van der Waals surface area contributed by atoms with Crippen LogP contribution in [0, 0.1) is 0 Å². The fourth-order valence-corrected chi connectivity index (χ4v) is 4.82. The molecule has 2 N–H and O–H groups in total. The van der Waals surface area contributed by atoms with Gasteiger partial charge in [0.2, 0.25) is 5.91 Å². The first-order valence-corrected chi connectivity index (χ1v) is 13.1. The highest BCUT2D eigenvalue weighted by molar-refractivity contribution is 6.15. The second kappa shape index (κ2) is 10.6. The molecule has 0 unspecified atom stereocenters. The molecule has 0 aliphatic rings. The van der Waals surface area contributed by atoms with Crippen LogP contribution in [0.3, 0.4) is 0 Å².